The fraction of sp³-hybridized carbons (Fsp3) is 1.00. The Morgan fingerprint density at radius 3 is 3.00 bits per heavy atom. The summed E-state index contributed by atoms with van der Waals surface area (Å²) >= 11 is 0. The fourth-order valence-corrected chi connectivity index (χ4v) is 2.08. The standard InChI is InChI=1S/C10H22N2/c1-2-12-8-4-6-10(9-12)5-3-7-11/h10H,2-9,11H2,1H3. The maximum atomic E-state index is 5.50. The summed E-state index contributed by atoms with van der Waals surface area (Å²) in [6.07, 6.45) is 5.37. The van der Waals surface area contributed by atoms with Crippen LogP contribution in [0.25, 0.3) is 0 Å². The normalized spacial score (nSPS) is 26.0. The number of nitrogens with zero attached hydrogens (tertiary/aromatic N) is 1. The van der Waals surface area contributed by atoms with Crippen LogP contribution in [0.4, 0.5) is 0 Å². The van der Waals surface area contributed by atoms with E-state index < -0.39 is 0 Å². The molecule has 1 aliphatic rings. The van der Waals surface area contributed by atoms with Gasteiger partial charge in [0.2, 0.25) is 0 Å². The molecule has 2 heteroatoms. The van der Waals surface area contributed by atoms with Crippen LogP contribution in [0.3, 0.4) is 0 Å². The van der Waals surface area contributed by atoms with E-state index in [0.717, 1.165) is 12.5 Å². The van der Waals surface area contributed by atoms with Gasteiger partial charge in [-0.25, -0.2) is 0 Å². The Morgan fingerprint density at radius 2 is 2.33 bits per heavy atom. The monoisotopic (exact) mass is 170 g/mol. The van der Waals surface area contributed by atoms with Crippen molar-refractivity contribution in [3.8, 4) is 0 Å². The molecule has 0 aromatic carbocycles. The Labute approximate surface area is 76.1 Å². The number of nitrogens with two attached hydrogens (primary N) is 1. The number of piperidine rings is 1. The van der Waals surface area contributed by atoms with Gasteiger partial charge in [0, 0.05) is 6.54 Å². The fourth-order valence-electron chi connectivity index (χ4n) is 2.08. The molecule has 0 spiro atoms. The van der Waals surface area contributed by atoms with Gasteiger partial charge in [0.25, 0.3) is 0 Å². The van der Waals surface area contributed by atoms with Crippen LogP contribution in [-0.4, -0.2) is 31.1 Å². The van der Waals surface area contributed by atoms with Gasteiger partial charge < -0.3 is 10.6 Å². The maximum Gasteiger partial charge on any atom is 0.000956 e. The van der Waals surface area contributed by atoms with E-state index in [9.17, 15) is 0 Å². The minimum Gasteiger partial charge on any atom is -0.330 e. The van der Waals surface area contributed by atoms with Crippen LogP contribution >= 0.6 is 0 Å². The second kappa shape index (κ2) is 5.55. The zero-order chi connectivity index (χ0) is 8.81. The summed E-state index contributed by atoms with van der Waals surface area (Å²) in [5.41, 5.74) is 5.50. The minimum absolute atomic E-state index is 0.864. The van der Waals surface area contributed by atoms with Gasteiger partial charge in [0.05, 0.1) is 0 Å². The zero-order valence-electron chi connectivity index (χ0n) is 8.26. The van der Waals surface area contributed by atoms with Crippen LogP contribution in [-0.2, 0) is 0 Å². The van der Waals surface area contributed by atoms with Crippen molar-refractivity contribution < 1.29 is 0 Å². The van der Waals surface area contributed by atoms with E-state index in [2.05, 4.69) is 11.8 Å². The predicted molar refractivity (Wildman–Crippen MR) is 53.1 cm³/mol. The van der Waals surface area contributed by atoms with Gasteiger partial charge in [-0.05, 0) is 51.2 Å². The summed E-state index contributed by atoms with van der Waals surface area (Å²) in [5.74, 6) is 0.933. The smallest absolute Gasteiger partial charge is 0.000956 e. The van der Waals surface area contributed by atoms with E-state index in [0.29, 0.717) is 0 Å². The summed E-state index contributed by atoms with van der Waals surface area (Å²) in [4.78, 5) is 2.56. The van der Waals surface area contributed by atoms with Crippen LogP contribution < -0.4 is 5.73 Å². The van der Waals surface area contributed by atoms with E-state index >= 15 is 0 Å². The van der Waals surface area contributed by atoms with Gasteiger partial charge in [-0.15, -0.1) is 0 Å². The first-order valence-electron chi connectivity index (χ1n) is 5.29. The minimum atomic E-state index is 0.864. The van der Waals surface area contributed by atoms with E-state index in [-0.39, 0.29) is 0 Å². The molecule has 2 N–H and O–H groups in total. The summed E-state index contributed by atoms with van der Waals surface area (Å²) < 4.78 is 0. The highest BCUT2D eigenvalue weighted by molar-refractivity contribution is 4.71. The number of hydrogen-bond acceptors (Lipinski definition) is 2. The van der Waals surface area contributed by atoms with Crippen molar-refractivity contribution in [3.05, 3.63) is 0 Å². The van der Waals surface area contributed by atoms with E-state index in [1.54, 1.807) is 0 Å². The molecule has 1 rings (SSSR count). The molecule has 0 amide bonds. The molecule has 1 aliphatic heterocycles. The van der Waals surface area contributed by atoms with Crippen LogP contribution in [0.15, 0.2) is 0 Å². The molecule has 0 radical (unpaired) electrons. The van der Waals surface area contributed by atoms with Crippen molar-refractivity contribution in [3.63, 3.8) is 0 Å². The molecule has 0 bridgehead atoms. The Morgan fingerprint density at radius 1 is 1.50 bits per heavy atom. The van der Waals surface area contributed by atoms with E-state index in [4.69, 9.17) is 5.73 Å². The summed E-state index contributed by atoms with van der Waals surface area (Å²) in [6.45, 7) is 6.97. The lowest BCUT2D eigenvalue weighted by atomic mass is 9.93. The summed E-state index contributed by atoms with van der Waals surface area (Å²) in [7, 11) is 0. The highest BCUT2D eigenvalue weighted by Crippen LogP contribution is 2.20. The molecule has 0 aliphatic carbocycles. The molecule has 0 saturated carbocycles. The average molecular weight is 170 g/mol. The molecule has 12 heavy (non-hydrogen) atoms. The first-order valence-corrected chi connectivity index (χ1v) is 5.29. The quantitative estimate of drug-likeness (QED) is 0.692. The molecule has 0 aromatic rings. The van der Waals surface area contributed by atoms with Gasteiger partial charge in [0.15, 0.2) is 0 Å². The lowest BCUT2D eigenvalue weighted by Gasteiger charge is -2.31. The Bertz CT molecular complexity index is 114. The molecular formula is C10H22N2. The van der Waals surface area contributed by atoms with Crippen molar-refractivity contribution in [1.82, 2.24) is 4.90 Å². The Kier molecular flexibility index (Phi) is 4.62. The highest BCUT2D eigenvalue weighted by Gasteiger charge is 2.17. The van der Waals surface area contributed by atoms with Crippen molar-refractivity contribution in [1.29, 1.82) is 0 Å². The Balaban J connectivity index is 2.16. The van der Waals surface area contributed by atoms with E-state index in [1.165, 1.54) is 45.3 Å². The molecule has 1 saturated heterocycles. The predicted octanol–water partition coefficient (Wildman–Crippen LogP) is 1.46. The lowest BCUT2D eigenvalue weighted by Crippen LogP contribution is -2.35. The molecule has 1 unspecified atom stereocenters. The molecule has 1 atom stereocenters. The van der Waals surface area contributed by atoms with Crippen molar-refractivity contribution in [2.75, 3.05) is 26.2 Å². The molecule has 2 nitrogen and oxygen atoms in total. The summed E-state index contributed by atoms with van der Waals surface area (Å²) in [5, 5.41) is 0. The van der Waals surface area contributed by atoms with Gasteiger partial charge in [-0.3, -0.25) is 0 Å². The zero-order valence-corrected chi connectivity index (χ0v) is 8.26. The molecule has 72 valence electrons. The van der Waals surface area contributed by atoms with E-state index in [1.807, 2.05) is 0 Å². The third-order valence-electron chi connectivity index (χ3n) is 2.87. The topological polar surface area (TPSA) is 29.3 Å². The lowest BCUT2D eigenvalue weighted by molar-refractivity contribution is 0.175. The van der Waals surface area contributed by atoms with Crippen molar-refractivity contribution in [2.24, 2.45) is 11.7 Å². The first-order chi connectivity index (χ1) is 5.86. The number of rotatable bonds is 4. The molecule has 1 fully saturated rings. The van der Waals surface area contributed by atoms with Crippen LogP contribution in [0.5, 0.6) is 0 Å². The van der Waals surface area contributed by atoms with Crippen LogP contribution in [0, 0.1) is 5.92 Å². The van der Waals surface area contributed by atoms with Gasteiger partial charge in [0.1, 0.15) is 0 Å². The van der Waals surface area contributed by atoms with Gasteiger partial charge >= 0.3 is 0 Å². The van der Waals surface area contributed by atoms with Gasteiger partial charge in [-0.1, -0.05) is 6.92 Å². The van der Waals surface area contributed by atoms with Crippen molar-refractivity contribution >= 4 is 0 Å². The highest BCUT2D eigenvalue weighted by atomic mass is 15.1. The van der Waals surface area contributed by atoms with Crippen LogP contribution in [0.2, 0.25) is 0 Å². The third-order valence-corrected chi connectivity index (χ3v) is 2.87. The second-order valence-corrected chi connectivity index (χ2v) is 3.83. The van der Waals surface area contributed by atoms with Crippen LogP contribution in [0.1, 0.15) is 32.6 Å². The average Bonchev–Trinajstić information content (AvgIpc) is 2.15. The SMILES string of the molecule is CCN1CCCC(CCCN)C1. The second-order valence-electron chi connectivity index (χ2n) is 3.83. The molecule has 1 heterocycles. The first kappa shape index (κ1) is 10.0. The molecular weight excluding hydrogens is 148 g/mol. The number of likely N-dealkylation sites (tertiary alicyclic amines) is 1. The maximum absolute atomic E-state index is 5.50. The Hall–Kier alpha value is -0.0800. The van der Waals surface area contributed by atoms with Gasteiger partial charge in [-0.2, -0.15) is 0 Å². The summed E-state index contributed by atoms with van der Waals surface area (Å²) in [6, 6.07) is 0. The molecule has 0 aromatic heterocycles. The third kappa shape index (κ3) is 3.11. The number of hydrogen-bond donors (Lipinski definition) is 1. The van der Waals surface area contributed by atoms with Crippen molar-refractivity contribution in [2.45, 2.75) is 32.6 Å². The largest absolute Gasteiger partial charge is 0.330 e.